The largest absolute Gasteiger partial charge is 0.464 e. The average molecular weight is 197 g/mol. The number of hydrogen-bond acceptors (Lipinski definition) is 3. The van der Waals surface area contributed by atoms with E-state index in [2.05, 4.69) is 20.8 Å². The number of nitrogens with two attached hydrogens (primary N) is 1. The third kappa shape index (κ3) is 0.800. The summed E-state index contributed by atoms with van der Waals surface area (Å²) in [5, 5.41) is 0. The molecule has 3 heteroatoms. The van der Waals surface area contributed by atoms with Crippen LogP contribution in [0, 0.1) is 10.8 Å². The number of hydrogen-bond donors (Lipinski definition) is 1. The fourth-order valence-corrected chi connectivity index (χ4v) is 3.22. The average Bonchev–Trinajstić information content (AvgIpc) is 2.28. The fraction of sp³-hybridized carbons (Fsp3) is 0.909. The van der Waals surface area contributed by atoms with E-state index in [1.54, 1.807) is 0 Å². The van der Waals surface area contributed by atoms with Crippen molar-refractivity contribution in [1.29, 1.82) is 0 Å². The maximum atomic E-state index is 11.7. The summed E-state index contributed by atoms with van der Waals surface area (Å²) in [6, 6.07) is 0. The maximum absolute atomic E-state index is 11.7. The molecule has 1 aliphatic heterocycles. The Labute approximate surface area is 85.0 Å². The van der Waals surface area contributed by atoms with Crippen LogP contribution in [-0.2, 0) is 9.53 Å². The van der Waals surface area contributed by atoms with Gasteiger partial charge in [0.2, 0.25) is 0 Å². The van der Waals surface area contributed by atoms with Crippen LogP contribution in [0.25, 0.3) is 0 Å². The summed E-state index contributed by atoms with van der Waals surface area (Å²) in [6.07, 6.45) is 2.71. The first-order valence-electron chi connectivity index (χ1n) is 5.36. The van der Waals surface area contributed by atoms with Crippen LogP contribution in [0.3, 0.4) is 0 Å². The molecule has 3 nitrogen and oxygen atoms in total. The molecule has 0 aromatic carbocycles. The molecule has 1 heterocycles. The summed E-state index contributed by atoms with van der Waals surface area (Å²) >= 11 is 0. The number of cyclic esters (lactones) is 1. The second kappa shape index (κ2) is 2.51. The van der Waals surface area contributed by atoms with Crippen LogP contribution in [0.2, 0.25) is 0 Å². The third-order valence-corrected chi connectivity index (χ3v) is 4.98. The van der Waals surface area contributed by atoms with Gasteiger partial charge in [-0.25, -0.2) is 0 Å². The smallest absolute Gasteiger partial charge is 0.326 e. The van der Waals surface area contributed by atoms with Crippen LogP contribution in [-0.4, -0.2) is 18.1 Å². The third-order valence-electron chi connectivity index (χ3n) is 4.98. The number of esters is 1. The van der Waals surface area contributed by atoms with Crippen molar-refractivity contribution in [2.45, 2.75) is 45.6 Å². The molecular weight excluding hydrogens is 178 g/mol. The van der Waals surface area contributed by atoms with Gasteiger partial charge in [-0.2, -0.15) is 0 Å². The van der Waals surface area contributed by atoms with Gasteiger partial charge in [0.05, 0.1) is 6.61 Å². The monoisotopic (exact) mass is 197 g/mol. The molecule has 2 N–H and O–H groups in total. The van der Waals surface area contributed by atoms with Gasteiger partial charge in [0.15, 0.2) is 0 Å². The van der Waals surface area contributed by atoms with Gasteiger partial charge in [0, 0.05) is 10.8 Å². The minimum Gasteiger partial charge on any atom is -0.464 e. The Bertz CT molecular complexity index is 291. The van der Waals surface area contributed by atoms with Crippen molar-refractivity contribution in [2.75, 3.05) is 6.61 Å². The molecule has 2 rings (SSSR count). The normalized spacial score (nSPS) is 51.9. The molecule has 80 valence electrons. The molecule has 2 fully saturated rings. The molecule has 1 saturated heterocycles. The van der Waals surface area contributed by atoms with E-state index in [4.69, 9.17) is 10.5 Å². The van der Waals surface area contributed by atoms with Crippen LogP contribution in [0.4, 0.5) is 0 Å². The van der Waals surface area contributed by atoms with E-state index in [9.17, 15) is 4.79 Å². The Morgan fingerprint density at radius 2 is 2.07 bits per heavy atom. The summed E-state index contributed by atoms with van der Waals surface area (Å²) in [4.78, 5) is 11.7. The molecule has 14 heavy (non-hydrogen) atoms. The van der Waals surface area contributed by atoms with E-state index in [-0.39, 0.29) is 16.8 Å². The number of carbonyl (C=O) groups excluding carboxylic acids is 1. The van der Waals surface area contributed by atoms with E-state index in [1.165, 1.54) is 0 Å². The lowest BCUT2D eigenvalue weighted by atomic mass is 9.59. The van der Waals surface area contributed by atoms with Gasteiger partial charge in [0.25, 0.3) is 0 Å². The Hall–Kier alpha value is -0.570. The zero-order valence-electron chi connectivity index (χ0n) is 9.22. The van der Waals surface area contributed by atoms with Crippen molar-refractivity contribution in [1.82, 2.24) is 0 Å². The molecule has 0 amide bonds. The molecule has 0 aromatic heterocycles. The molecule has 0 spiro atoms. The zero-order chi connectivity index (χ0) is 10.6. The van der Waals surface area contributed by atoms with Gasteiger partial charge in [0.1, 0.15) is 5.54 Å². The van der Waals surface area contributed by atoms with Gasteiger partial charge in [-0.05, 0) is 19.3 Å². The SMILES string of the molecule is CCC1(C)C2(C)CCC1(N)C(=O)OC2. The molecule has 3 atom stereocenters. The highest BCUT2D eigenvalue weighted by Crippen LogP contribution is 2.61. The van der Waals surface area contributed by atoms with Gasteiger partial charge in [-0.15, -0.1) is 0 Å². The zero-order valence-corrected chi connectivity index (χ0v) is 9.22. The predicted molar refractivity (Wildman–Crippen MR) is 53.6 cm³/mol. The summed E-state index contributed by atoms with van der Waals surface area (Å²) < 4.78 is 5.20. The number of carbonyl (C=O) groups is 1. The van der Waals surface area contributed by atoms with Gasteiger partial charge in [-0.1, -0.05) is 20.8 Å². The molecule has 1 aliphatic carbocycles. The van der Waals surface area contributed by atoms with Crippen LogP contribution >= 0.6 is 0 Å². The molecule has 2 aliphatic rings. The van der Waals surface area contributed by atoms with E-state index in [0.29, 0.717) is 6.61 Å². The van der Waals surface area contributed by atoms with Crippen molar-refractivity contribution in [3.63, 3.8) is 0 Å². The Morgan fingerprint density at radius 3 is 2.57 bits per heavy atom. The van der Waals surface area contributed by atoms with Crippen LogP contribution in [0.5, 0.6) is 0 Å². The number of rotatable bonds is 1. The van der Waals surface area contributed by atoms with Gasteiger partial charge in [-0.3, -0.25) is 4.79 Å². The summed E-state index contributed by atoms with van der Waals surface area (Å²) in [5.74, 6) is -0.197. The lowest BCUT2D eigenvalue weighted by molar-refractivity contribution is -0.175. The number of fused-ring (bicyclic) bond motifs is 2. The second-order valence-corrected chi connectivity index (χ2v) is 5.29. The summed E-state index contributed by atoms with van der Waals surface area (Å²) in [6.45, 7) is 6.98. The first-order valence-corrected chi connectivity index (χ1v) is 5.36. The Balaban J connectivity index is 2.52. The van der Waals surface area contributed by atoms with E-state index < -0.39 is 5.54 Å². The Morgan fingerprint density at radius 1 is 1.43 bits per heavy atom. The predicted octanol–water partition coefficient (Wildman–Crippen LogP) is 1.46. The highest BCUT2D eigenvalue weighted by molar-refractivity contribution is 5.83. The quantitative estimate of drug-likeness (QED) is 0.647. The molecule has 1 saturated carbocycles. The minimum atomic E-state index is -0.741. The minimum absolute atomic E-state index is 0.0738. The van der Waals surface area contributed by atoms with Gasteiger partial charge < -0.3 is 10.5 Å². The lowest BCUT2D eigenvalue weighted by Crippen LogP contribution is -2.64. The van der Waals surface area contributed by atoms with E-state index in [0.717, 1.165) is 19.3 Å². The molecular formula is C11H19NO2. The van der Waals surface area contributed by atoms with Crippen LogP contribution in [0.1, 0.15) is 40.0 Å². The van der Waals surface area contributed by atoms with Crippen LogP contribution < -0.4 is 5.73 Å². The maximum Gasteiger partial charge on any atom is 0.326 e. The fourth-order valence-electron chi connectivity index (χ4n) is 3.22. The first kappa shape index (κ1) is 9.97. The topological polar surface area (TPSA) is 52.3 Å². The van der Waals surface area contributed by atoms with Crippen molar-refractivity contribution in [3.05, 3.63) is 0 Å². The standard InChI is InChI=1S/C11H19NO2/c1-4-10(3)9(2)5-6-11(10,12)8(13)14-7-9/h4-7,12H2,1-3H3. The molecule has 2 bridgehead atoms. The van der Waals surface area contributed by atoms with Crippen molar-refractivity contribution >= 4 is 5.97 Å². The molecule has 0 radical (unpaired) electrons. The summed E-state index contributed by atoms with van der Waals surface area (Å²) in [5.41, 5.74) is 5.47. The highest BCUT2D eigenvalue weighted by Gasteiger charge is 2.67. The second-order valence-electron chi connectivity index (χ2n) is 5.29. The molecule has 0 aromatic rings. The van der Waals surface area contributed by atoms with E-state index >= 15 is 0 Å². The summed E-state index contributed by atoms with van der Waals surface area (Å²) in [7, 11) is 0. The highest BCUT2D eigenvalue weighted by atomic mass is 16.5. The molecule has 3 unspecified atom stereocenters. The van der Waals surface area contributed by atoms with Crippen molar-refractivity contribution in [3.8, 4) is 0 Å². The van der Waals surface area contributed by atoms with Crippen LogP contribution in [0.15, 0.2) is 0 Å². The van der Waals surface area contributed by atoms with Gasteiger partial charge >= 0.3 is 5.97 Å². The number of ether oxygens (including phenoxy) is 1. The van der Waals surface area contributed by atoms with E-state index in [1.807, 2.05) is 0 Å². The van der Waals surface area contributed by atoms with Crippen molar-refractivity contribution < 1.29 is 9.53 Å². The van der Waals surface area contributed by atoms with Crippen molar-refractivity contribution in [2.24, 2.45) is 16.6 Å². The first-order chi connectivity index (χ1) is 6.40. The lowest BCUT2D eigenvalue weighted by Gasteiger charge is -2.51. The Kier molecular flexibility index (Phi) is 1.79.